The molecule has 0 radical (unpaired) electrons. The van der Waals surface area contributed by atoms with E-state index in [1.54, 1.807) is 0 Å². The zero-order valence-corrected chi connectivity index (χ0v) is 41.2. The molecule has 3 aromatic carbocycles. The van der Waals surface area contributed by atoms with Crippen LogP contribution in [-0.4, -0.2) is 142 Å². The van der Waals surface area contributed by atoms with E-state index in [0.717, 1.165) is 65.6 Å². The Morgan fingerprint density at radius 2 is 0.897 bits per heavy atom. The van der Waals surface area contributed by atoms with Gasteiger partial charge in [-0.1, -0.05) is 140 Å². The topological polar surface area (TPSA) is 195 Å². The Balaban J connectivity index is 1.39. The molecule has 3 rings (SSSR count). The van der Waals surface area contributed by atoms with E-state index in [-0.39, 0.29) is 26.4 Å². The van der Waals surface area contributed by atoms with Crippen molar-refractivity contribution in [3.05, 3.63) is 66.7 Å². The first-order valence-corrected chi connectivity index (χ1v) is 25.4. The van der Waals surface area contributed by atoms with Crippen LogP contribution in [0.5, 0.6) is 17.2 Å². The van der Waals surface area contributed by atoms with Crippen LogP contribution >= 0.6 is 0 Å². The molecule has 0 aliphatic carbocycles. The number of hydrogen-bond acceptors (Lipinski definition) is 13. The maximum Gasteiger partial charge on any atom is 0.246 e. The normalized spacial score (nSPS) is 13.2. The van der Waals surface area contributed by atoms with Gasteiger partial charge >= 0.3 is 0 Å². The van der Waals surface area contributed by atoms with Gasteiger partial charge in [0.1, 0.15) is 48.8 Å². The molecule has 0 saturated heterocycles. The standard InChI is InChI=1S/C54H85NO13/c1-3-5-7-9-11-13-15-17-29-66-46-24-19-43(20-25-46)45-23-28-48(44-21-26-47(27-22-44)67-30-18-16-14-12-10-8-6-4-2)51(39-45)68-38-37-64-34-33-62-31-32-63-35-36-65-42-52(59)55-40-49(57)53(60)54(61)50(58)41-56/h19-28,39,49-50,53-54,56-58,60-61H,3-18,29-38,40-42H2,1-2H3,(H,55,59)/t49-,50+,53+,54+/m0/s1. The molecule has 14 nitrogen and oxygen atoms in total. The number of nitrogens with one attached hydrogen (secondary N) is 1. The average molecular weight is 956 g/mol. The summed E-state index contributed by atoms with van der Waals surface area (Å²) in [7, 11) is 0. The van der Waals surface area contributed by atoms with E-state index in [2.05, 4.69) is 61.6 Å². The molecule has 0 unspecified atom stereocenters. The van der Waals surface area contributed by atoms with Gasteiger partial charge in [0.05, 0.1) is 72.2 Å². The summed E-state index contributed by atoms with van der Waals surface area (Å²) in [4.78, 5) is 11.9. The van der Waals surface area contributed by atoms with Gasteiger partial charge in [-0.05, 0) is 59.9 Å². The number of amides is 1. The molecule has 3 aromatic rings. The van der Waals surface area contributed by atoms with Crippen molar-refractivity contribution >= 4 is 5.91 Å². The van der Waals surface area contributed by atoms with E-state index >= 15 is 0 Å². The Labute approximate surface area is 406 Å². The second kappa shape index (κ2) is 38.0. The van der Waals surface area contributed by atoms with Crippen molar-refractivity contribution in [3.8, 4) is 39.5 Å². The van der Waals surface area contributed by atoms with Gasteiger partial charge in [0.15, 0.2) is 0 Å². The van der Waals surface area contributed by atoms with Crippen molar-refractivity contribution < 1.29 is 63.5 Å². The van der Waals surface area contributed by atoms with Crippen LogP contribution in [0.15, 0.2) is 66.7 Å². The fourth-order valence-electron chi connectivity index (χ4n) is 7.37. The highest BCUT2D eigenvalue weighted by Crippen LogP contribution is 2.36. The quantitative estimate of drug-likeness (QED) is 0.0299. The lowest BCUT2D eigenvalue weighted by Crippen LogP contribution is -2.50. The number of carbonyl (C=O) groups is 1. The molecule has 0 aliphatic heterocycles. The molecule has 0 fully saturated rings. The first-order chi connectivity index (χ1) is 33.3. The summed E-state index contributed by atoms with van der Waals surface area (Å²) in [5.41, 5.74) is 4.14. The number of hydrogen-bond donors (Lipinski definition) is 6. The fraction of sp³-hybridized carbons (Fsp3) is 0.648. The smallest absolute Gasteiger partial charge is 0.246 e. The summed E-state index contributed by atoms with van der Waals surface area (Å²) in [6.45, 7) is 7.03. The lowest BCUT2D eigenvalue weighted by atomic mass is 9.99. The number of aliphatic hydroxyl groups excluding tert-OH is 5. The number of aliphatic hydroxyl groups is 5. The predicted molar refractivity (Wildman–Crippen MR) is 266 cm³/mol. The molecule has 384 valence electrons. The summed E-state index contributed by atoms with van der Waals surface area (Å²) < 4.78 is 40.7. The molecule has 0 heterocycles. The number of ether oxygens (including phenoxy) is 7. The Hall–Kier alpha value is -3.83. The van der Waals surface area contributed by atoms with Gasteiger partial charge in [0, 0.05) is 12.1 Å². The Morgan fingerprint density at radius 3 is 1.40 bits per heavy atom. The van der Waals surface area contributed by atoms with Crippen molar-refractivity contribution in [1.82, 2.24) is 5.32 Å². The summed E-state index contributed by atoms with van der Waals surface area (Å²) in [6.07, 6.45) is 13.6. The van der Waals surface area contributed by atoms with Gasteiger partial charge < -0.3 is 64.0 Å². The van der Waals surface area contributed by atoms with Crippen molar-refractivity contribution in [2.24, 2.45) is 0 Å². The minimum atomic E-state index is -1.77. The van der Waals surface area contributed by atoms with E-state index in [4.69, 9.17) is 38.3 Å². The van der Waals surface area contributed by atoms with E-state index in [0.29, 0.717) is 39.6 Å². The van der Waals surface area contributed by atoms with Crippen LogP contribution in [0, 0.1) is 0 Å². The van der Waals surface area contributed by atoms with Crippen molar-refractivity contribution in [2.45, 2.75) is 141 Å². The minimum absolute atomic E-state index is 0.146. The molecule has 0 aromatic heterocycles. The maximum atomic E-state index is 11.9. The second-order valence-electron chi connectivity index (χ2n) is 17.2. The van der Waals surface area contributed by atoms with Gasteiger partial charge in [0.25, 0.3) is 0 Å². The first kappa shape index (κ1) is 58.5. The molecule has 4 atom stereocenters. The zero-order valence-electron chi connectivity index (χ0n) is 41.2. The summed E-state index contributed by atoms with van der Waals surface area (Å²) >= 11 is 0. The van der Waals surface area contributed by atoms with E-state index in [9.17, 15) is 25.2 Å². The predicted octanol–water partition coefficient (Wildman–Crippen LogP) is 8.06. The van der Waals surface area contributed by atoms with Crippen LogP contribution in [0.2, 0.25) is 0 Å². The SMILES string of the molecule is CCCCCCCCCCOc1ccc(-c2ccc(-c3ccc(OCCCCCCCCCC)cc3)c(OCCOCCOCCOCCOCC(=O)NC[C@H](O)[C@@H](O)[C@H](O)[C@H](O)CO)c2)cc1. The third kappa shape index (κ3) is 25.7. The molecule has 6 N–H and O–H groups in total. The molecule has 0 spiro atoms. The van der Waals surface area contributed by atoms with E-state index in [1.165, 1.54) is 89.9 Å². The Kier molecular flexibility index (Phi) is 32.7. The number of benzene rings is 3. The van der Waals surface area contributed by atoms with Crippen LogP contribution < -0.4 is 19.5 Å². The second-order valence-corrected chi connectivity index (χ2v) is 17.2. The van der Waals surface area contributed by atoms with Gasteiger partial charge in [-0.25, -0.2) is 0 Å². The number of unbranched alkanes of at least 4 members (excludes halogenated alkanes) is 14. The van der Waals surface area contributed by atoms with Gasteiger partial charge in [-0.15, -0.1) is 0 Å². The van der Waals surface area contributed by atoms with Crippen LogP contribution in [0.25, 0.3) is 22.3 Å². The molecular formula is C54H85NO13. The van der Waals surface area contributed by atoms with Crippen LogP contribution in [0.1, 0.15) is 117 Å². The van der Waals surface area contributed by atoms with Crippen molar-refractivity contribution in [3.63, 3.8) is 0 Å². The monoisotopic (exact) mass is 956 g/mol. The molecular weight excluding hydrogens is 871 g/mol. The van der Waals surface area contributed by atoms with E-state index in [1.807, 2.05) is 24.3 Å². The van der Waals surface area contributed by atoms with Crippen LogP contribution in [-0.2, 0) is 23.7 Å². The lowest BCUT2D eigenvalue weighted by Gasteiger charge is -2.25. The Morgan fingerprint density at radius 1 is 0.471 bits per heavy atom. The largest absolute Gasteiger partial charge is 0.494 e. The maximum absolute atomic E-state index is 11.9. The summed E-state index contributed by atoms with van der Waals surface area (Å²) in [5, 5.41) is 50.0. The Bertz CT molecular complexity index is 1680. The highest BCUT2D eigenvalue weighted by atomic mass is 16.6. The summed E-state index contributed by atoms with van der Waals surface area (Å²) in [5.74, 6) is 1.96. The van der Waals surface area contributed by atoms with Crippen molar-refractivity contribution in [1.29, 1.82) is 0 Å². The number of carbonyl (C=O) groups excluding carboxylic acids is 1. The minimum Gasteiger partial charge on any atom is -0.494 e. The molecule has 1 amide bonds. The van der Waals surface area contributed by atoms with Gasteiger partial charge in [-0.2, -0.15) is 0 Å². The lowest BCUT2D eigenvalue weighted by molar-refractivity contribution is -0.130. The molecule has 0 saturated carbocycles. The van der Waals surface area contributed by atoms with Crippen molar-refractivity contribution in [2.75, 3.05) is 85.8 Å². The van der Waals surface area contributed by atoms with Crippen LogP contribution in [0.3, 0.4) is 0 Å². The van der Waals surface area contributed by atoms with E-state index < -0.39 is 36.9 Å². The molecule has 14 heteroatoms. The summed E-state index contributed by atoms with van der Waals surface area (Å²) in [6, 6.07) is 22.8. The molecule has 0 bridgehead atoms. The van der Waals surface area contributed by atoms with Gasteiger partial charge in [-0.3, -0.25) is 4.79 Å². The molecule has 68 heavy (non-hydrogen) atoms. The highest BCUT2D eigenvalue weighted by Gasteiger charge is 2.30. The van der Waals surface area contributed by atoms with Crippen LogP contribution in [0.4, 0.5) is 0 Å². The van der Waals surface area contributed by atoms with Gasteiger partial charge in [0.2, 0.25) is 5.91 Å². The number of rotatable bonds is 43. The average Bonchev–Trinajstić information content (AvgIpc) is 3.36. The first-order valence-electron chi connectivity index (χ1n) is 25.4. The zero-order chi connectivity index (χ0) is 48.9. The highest BCUT2D eigenvalue weighted by molar-refractivity contribution is 5.77. The third-order valence-electron chi connectivity index (χ3n) is 11.5. The molecule has 0 aliphatic rings. The third-order valence-corrected chi connectivity index (χ3v) is 11.5. The fourth-order valence-corrected chi connectivity index (χ4v) is 7.37.